The van der Waals surface area contributed by atoms with Gasteiger partial charge < -0.3 is 10.6 Å². The highest BCUT2D eigenvalue weighted by atomic mass is 35.5. The molecule has 0 amide bonds. The first-order valence-electron chi connectivity index (χ1n) is 6.34. The Balaban J connectivity index is 2.10. The average molecular weight is 303 g/mol. The van der Waals surface area contributed by atoms with Crippen molar-refractivity contribution in [3.63, 3.8) is 0 Å². The minimum Gasteiger partial charge on any atom is -0.357 e. The summed E-state index contributed by atoms with van der Waals surface area (Å²) in [6.45, 7) is 0. The number of benzene rings is 2. The molecule has 0 fully saturated rings. The van der Waals surface area contributed by atoms with Crippen LogP contribution in [-0.2, 0) is 0 Å². The van der Waals surface area contributed by atoms with Crippen LogP contribution < -0.4 is 10.6 Å². The smallest absolute Gasteiger partial charge is 0.224 e. The van der Waals surface area contributed by atoms with Gasteiger partial charge in [-0.2, -0.15) is 4.98 Å². The lowest BCUT2D eigenvalue weighted by molar-refractivity contribution is 0.632. The molecule has 0 aliphatic heterocycles. The highest BCUT2D eigenvalue weighted by Gasteiger charge is 2.09. The highest BCUT2D eigenvalue weighted by molar-refractivity contribution is 6.30. The zero-order valence-electron chi connectivity index (χ0n) is 11.2. The monoisotopic (exact) mass is 302 g/mol. The molecule has 21 heavy (non-hydrogen) atoms. The summed E-state index contributed by atoms with van der Waals surface area (Å²) in [4.78, 5) is 8.70. The molecule has 1 aromatic heterocycles. The molecule has 0 aliphatic rings. The predicted octanol–water partition coefficient (Wildman–Crippen LogP) is 4.21. The molecule has 0 radical (unpaired) electrons. The topological polar surface area (TPSA) is 49.8 Å². The van der Waals surface area contributed by atoms with Crippen LogP contribution in [0, 0.1) is 5.82 Å². The van der Waals surface area contributed by atoms with Gasteiger partial charge in [0.15, 0.2) is 0 Å². The van der Waals surface area contributed by atoms with Crippen LogP contribution in [0.5, 0.6) is 0 Å². The van der Waals surface area contributed by atoms with Gasteiger partial charge in [-0.15, -0.1) is 0 Å². The van der Waals surface area contributed by atoms with Gasteiger partial charge in [-0.25, -0.2) is 9.37 Å². The van der Waals surface area contributed by atoms with Crippen LogP contribution in [0.3, 0.4) is 0 Å². The van der Waals surface area contributed by atoms with Crippen LogP contribution in [0.4, 0.5) is 21.8 Å². The summed E-state index contributed by atoms with van der Waals surface area (Å²) in [7, 11) is 1.73. The summed E-state index contributed by atoms with van der Waals surface area (Å²) < 4.78 is 13.9. The molecule has 0 spiro atoms. The van der Waals surface area contributed by atoms with Crippen molar-refractivity contribution in [3.05, 3.63) is 53.3 Å². The van der Waals surface area contributed by atoms with Gasteiger partial charge in [0.05, 0.1) is 11.2 Å². The van der Waals surface area contributed by atoms with Crippen molar-refractivity contribution in [2.24, 2.45) is 0 Å². The van der Waals surface area contributed by atoms with Gasteiger partial charge >= 0.3 is 0 Å². The Morgan fingerprint density at radius 1 is 1.10 bits per heavy atom. The molecule has 6 heteroatoms. The molecule has 0 aliphatic carbocycles. The summed E-state index contributed by atoms with van der Waals surface area (Å²) in [6.07, 6.45) is 0. The molecule has 3 rings (SSSR count). The zero-order chi connectivity index (χ0) is 14.8. The third-order valence-electron chi connectivity index (χ3n) is 3.01. The van der Waals surface area contributed by atoms with Crippen LogP contribution in [0.1, 0.15) is 0 Å². The first-order valence-corrected chi connectivity index (χ1v) is 6.72. The fourth-order valence-corrected chi connectivity index (χ4v) is 2.16. The number of hydrogen-bond donors (Lipinski definition) is 2. The molecular weight excluding hydrogens is 291 g/mol. The van der Waals surface area contributed by atoms with Crippen LogP contribution >= 0.6 is 11.6 Å². The molecule has 1 heterocycles. The second-order valence-electron chi connectivity index (χ2n) is 4.41. The van der Waals surface area contributed by atoms with E-state index in [0.29, 0.717) is 22.5 Å². The maximum absolute atomic E-state index is 13.9. The van der Waals surface area contributed by atoms with Gasteiger partial charge in [-0.3, -0.25) is 0 Å². The van der Waals surface area contributed by atoms with Gasteiger partial charge in [-0.05, 0) is 30.3 Å². The molecule has 0 bridgehead atoms. The Morgan fingerprint density at radius 3 is 2.67 bits per heavy atom. The van der Waals surface area contributed by atoms with Gasteiger partial charge in [0.1, 0.15) is 11.6 Å². The molecule has 0 atom stereocenters. The van der Waals surface area contributed by atoms with Crippen molar-refractivity contribution in [2.45, 2.75) is 0 Å². The molecule has 4 nitrogen and oxygen atoms in total. The lowest BCUT2D eigenvalue weighted by Crippen LogP contribution is -2.02. The van der Waals surface area contributed by atoms with Crippen molar-refractivity contribution < 1.29 is 4.39 Å². The fourth-order valence-electron chi connectivity index (χ4n) is 2.00. The van der Waals surface area contributed by atoms with Gasteiger partial charge in [0.25, 0.3) is 0 Å². The Hall–Kier alpha value is -2.40. The number of rotatable bonds is 3. The Kier molecular flexibility index (Phi) is 3.58. The molecule has 0 unspecified atom stereocenters. The van der Waals surface area contributed by atoms with E-state index in [2.05, 4.69) is 20.6 Å². The van der Waals surface area contributed by atoms with Crippen molar-refractivity contribution in [3.8, 4) is 0 Å². The van der Waals surface area contributed by atoms with E-state index >= 15 is 0 Å². The number of hydrogen-bond acceptors (Lipinski definition) is 4. The molecule has 2 aromatic carbocycles. The summed E-state index contributed by atoms with van der Waals surface area (Å²) in [5.74, 6) is 0.563. The molecule has 106 valence electrons. The average Bonchev–Trinajstić information content (AvgIpc) is 2.49. The fraction of sp³-hybridized carbons (Fsp3) is 0.0667. The van der Waals surface area contributed by atoms with E-state index in [-0.39, 0.29) is 0 Å². The Bertz CT molecular complexity index is 807. The van der Waals surface area contributed by atoms with E-state index in [4.69, 9.17) is 11.6 Å². The van der Waals surface area contributed by atoms with Gasteiger partial charge in [0, 0.05) is 17.5 Å². The number of nitrogens with one attached hydrogen (secondary N) is 2. The Labute approximate surface area is 126 Å². The van der Waals surface area contributed by atoms with Gasteiger partial charge in [-0.1, -0.05) is 23.7 Å². The van der Waals surface area contributed by atoms with Crippen molar-refractivity contribution in [1.82, 2.24) is 9.97 Å². The lowest BCUT2D eigenvalue weighted by atomic mass is 10.2. The summed E-state index contributed by atoms with van der Waals surface area (Å²) >= 11 is 5.76. The number of para-hydroxylation sites is 1. The third-order valence-corrected chi connectivity index (χ3v) is 3.25. The number of aromatic nitrogens is 2. The van der Waals surface area contributed by atoms with Crippen LogP contribution in [0.25, 0.3) is 10.9 Å². The summed E-state index contributed by atoms with van der Waals surface area (Å²) in [5, 5.41) is 7.04. The molecule has 0 saturated carbocycles. The molecular formula is C15H12ClFN4. The highest BCUT2D eigenvalue weighted by Crippen LogP contribution is 2.27. The van der Waals surface area contributed by atoms with Crippen LogP contribution in [-0.4, -0.2) is 17.0 Å². The van der Waals surface area contributed by atoms with E-state index in [1.807, 2.05) is 24.3 Å². The third kappa shape index (κ3) is 2.73. The maximum Gasteiger partial charge on any atom is 0.224 e. The zero-order valence-corrected chi connectivity index (χ0v) is 11.9. The van der Waals surface area contributed by atoms with Crippen LogP contribution in [0.2, 0.25) is 5.02 Å². The number of halogens is 2. The quantitative estimate of drug-likeness (QED) is 0.761. The van der Waals surface area contributed by atoms with Crippen molar-refractivity contribution >= 4 is 40.0 Å². The largest absolute Gasteiger partial charge is 0.357 e. The second-order valence-corrected chi connectivity index (χ2v) is 4.85. The van der Waals surface area contributed by atoms with Crippen molar-refractivity contribution in [2.75, 3.05) is 17.7 Å². The normalized spacial score (nSPS) is 10.6. The second kappa shape index (κ2) is 5.54. The maximum atomic E-state index is 13.9. The number of anilines is 3. The van der Waals surface area contributed by atoms with E-state index < -0.39 is 5.82 Å². The Morgan fingerprint density at radius 2 is 1.90 bits per heavy atom. The van der Waals surface area contributed by atoms with E-state index in [1.165, 1.54) is 6.07 Å². The van der Waals surface area contributed by atoms with Crippen molar-refractivity contribution in [1.29, 1.82) is 0 Å². The number of fused-ring (bicyclic) bond motifs is 1. The molecule has 0 saturated heterocycles. The van der Waals surface area contributed by atoms with E-state index in [9.17, 15) is 4.39 Å². The first-order chi connectivity index (χ1) is 10.2. The van der Waals surface area contributed by atoms with E-state index in [0.717, 1.165) is 10.9 Å². The standard InChI is InChI=1S/C15H12ClFN4/c1-18-15-20-12-5-3-2-4-10(12)14(21-15)19-13-7-6-9(16)8-11(13)17/h2-8H,1H3,(H2,18,19,20,21). The predicted molar refractivity (Wildman–Crippen MR) is 83.8 cm³/mol. The molecule has 2 N–H and O–H groups in total. The first kappa shape index (κ1) is 13.6. The van der Waals surface area contributed by atoms with E-state index in [1.54, 1.807) is 19.2 Å². The van der Waals surface area contributed by atoms with Gasteiger partial charge in [0.2, 0.25) is 5.95 Å². The summed E-state index contributed by atoms with van der Waals surface area (Å²) in [5.41, 5.74) is 1.08. The summed E-state index contributed by atoms with van der Waals surface area (Å²) in [6, 6.07) is 12.0. The lowest BCUT2D eigenvalue weighted by Gasteiger charge is -2.11. The minimum absolute atomic E-state index is 0.310. The minimum atomic E-state index is -0.434. The number of nitrogens with zero attached hydrogens (tertiary/aromatic N) is 2. The SMILES string of the molecule is CNc1nc(Nc2ccc(Cl)cc2F)c2ccccc2n1. The molecule has 3 aromatic rings. The van der Waals surface area contributed by atoms with Crippen LogP contribution in [0.15, 0.2) is 42.5 Å².